The Hall–Kier alpha value is -1.22. The minimum absolute atomic E-state index is 0.00948. The SMILES string of the molecule is O=C1C[C@@H](c2ccc(Cl)cc2Cl)Oc2ccc(Cl)cc21. The van der Waals surface area contributed by atoms with Crippen LogP contribution in [0.15, 0.2) is 36.4 Å². The van der Waals surface area contributed by atoms with E-state index in [1.807, 2.05) is 0 Å². The Morgan fingerprint density at radius 3 is 2.45 bits per heavy atom. The largest absolute Gasteiger partial charge is 0.484 e. The third-order valence-electron chi connectivity index (χ3n) is 3.19. The minimum Gasteiger partial charge on any atom is -0.484 e. The molecule has 102 valence electrons. The highest BCUT2D eigenvalue weighted by atomic mass is 35.5. The van der Waals surface area contributed by atoms with Gasteiger partial charge in [-0.1, -0.05) is 40.9 Å². The van der Waals surface area contributed by atoms with E-state index in [0.717, 1.165) is 5.56 Å². The molecule has 0 aromatic heterocycles. The molecule has 2 aromatic carbocycles. The molecule has 0 radical (unpaired) electrons. The fourth-order valence-corrected chi connectivity index (χ4v) is 2.93. The van der Waals surface area contributed by atoms with E-state index in [-0.39, 0.29) is 12.2 Å². The van der Waals surface area contributed by atoms with Gasteiger partial charge in [-0.15, -0.1) is 0 Å². The highest BCUT2D eigenvalue weighted by Gasteiger charge is 2.29. The molecule has 0 saturated carbocycles. The summed E-state index contributed by atoms with van der Waals surface area (Å²) < 4.78 is 5.86. The van der Waals surface area contributed by atoms with Crippen LogP contribution in [-0.4, -0.2) is 5.78 Å². The zero-order valence-corrected chi connectivity index (χ0v) is 12.5. The van der Waals surface area contributed by atoms with Gasteiger partial charge in [0.1, 0.15) is 11.9 Å². The maximum absolute atomic E-state index is 12.2. The first-order chi connectivity index (χ1) is 9.54. The predicted octanol–water partition coefficient (Wildman–Crippen LogP) is 5.35. The number of carbonyl (C=O) groups excluding carboxylic acids is 1. The van der Waals surface area contributed by atoms with Crippen LogP contribution in [0.3, 0.4) is 0 Å². The summed E-state index contributed by atoms with van der Waals surface area (Å²) in [5.74, 6) is 0.520. The topological polar surface area (TPSA) is 26.3 Å². The summed E-state index contributed by atoms with van der Waals surface area (Å²) in [6, 6.07) is 10.2. The average Bonchev–Trinajstić information content (AvgIpc) is 2.39. The Labute approximate surface area is 131 Å². The van der Waals surface area contributed by atoms with Gasteiger partial charge in [-0.05, 0) is 30.3 Å². The molecule has 0 aliphatic carbocycles. The molecule has 2 nitrogen and oxygen atoms in total. The third kappa shape index (κ3) is 2.51. The van der Waals surface area contributed by atoms with E-state index >= 15 is 0 Å². The molecule has 0 N–H and O–H groups in total. The molecular formula is C15H9Cl3O2. The number of rotatable bonds is 1. The van der Waals surface area contributed by atoms with Crippen LogP contribution >= 0.6 is 34.8 Å². The van der Waals surface area contributed by atoms with Crippen molar-refractivity contribution in [2.75, 3.05) is 0 Å². The van der Waals surface area contributed by atoms with E-state index in [0.29, 0.717) is 26.4 Å². The lowest BCUT2D eigenvalue weighted by molar-refractivity contribution is 0.0850. The van der Waals surface area contributed by atoms with Crippen molar-refractivity contribution in [2.45, 2.75) is 12.5 Å². The zero-order valence-electron chi connectivity index (χ0n) is 10.2. The lowest BCUT2D eigenvalue weighted by Gasteiger charge is -2.26. The van der Waals surface area contributed by atoms with Crippen molar-refractivity contribution in [1.29, 1.82) is 0 Å². The van der Waals surface area contributed by atoms with E-state index in [1.54, 1.807) is 36.4 Å². The summed E-state index contributed by atoms with van der Waals surface area (Å²) in [7, 11) is 0. The first-order valence-corrected chi connectivity index (χ1v) is 7.12. The van der Waals surface area contributed by atoms with Crippen molar-refractivity contribution in [2.24, 2.45) is 0 Å². The van der Waals surface area contributed by atoms with Crippen LogP contribution in [0, 0.1) is 0 Å². The van der Waals surface area contributed by atoms with Crippen molar-refractivity contribution in [1.82, 2.24) is 0 Å². The molecule has 0 unspecified atom stereocenters. The van der Waals surface area contributed by atoms with Crippen molar-refractivity contribution >= 4 is 40.6 Å². The number of hydrogen-bond acceptors (Lipinski definition) is 2. The fourth-order valence-electron chi connectivity index (χ4n) is 2.23. The van der Waals surface area contributed by atoms with Crippen LogP contribution in [0.25, 0.3) is 0 Å². The number of hydrogen-bond donors (Lipinski definition) is 0. The van der Waals surface area contributed by atoms with Crippen LogP contribution in [0.5, 0.6) is 5.75 Å². The van der Waals surface area contributed by atoms with E-state index < -0.39 is 6.10 Å². The van der Waals surface area contributed by atoms with E-state index in [2.05, 4.69) is 0 Å². The van der Waals surface area contributed by atoms with Gasteiger partial charge in [0, 0.05) is 20.6 Å². The van der Waals surface area contributed by atoms with Gasteiger partial charge in [0.15, 0.2) is 5.78 Å². The quantitative estimate of drug-likeness (QED) is 0.705. The third-order valence-corrected chi connectivity index (χ3v) is 3.99. The maximum Gasteiger partial charge on any atom is 0.170 e. The number of ether oxygens (including phenoxy) is 1. The Balaban J connectivity index is 1.99. The molecule has 1 aliphatic heterocycles. The molecule has 3 rings (SSSR count). The molecule has 0 fully saturated rings. The van der Waals surface area contributed by atoms with Gasteiger partial charge in [0.05, 0.1) is 12.0 Å². The molecule has 0 amide bonds. The molecule has 0 bridgehead atoms. The summed E-state index contributed by atoms with van der Waals surface area (Å²) in [6.07, 6.45) is -0.171. The maximum atomic E-state index is 12.2. The second-order valence-electron chi connectivity index (χ2n) is 4.54. The Morgan fingerprint density at radius 1 is 1.00 bits per heavy atom. The van der Waals surface area contributed by atoms with Crippen LogP contribution in [0.1, 0.15) is 28.4 Å². The van der Waals surface area contributed by atoms with E-state index in [9.17, 15) is 4.79 Å². The van der Waals surface area contributed by atoms with Gasteiger partial charge in [-0.25, -0.2) is 0 Å². The highest BCUT2D eigenvalue weighted by molar-refractivity contribution is 6.35. The smallest absolute Gasteiger partial charge is 0.170 e. The molecule has 1 aliphatic rings. The van der Waals surface area contributed by atoms with Gasteiger partial charge >= 0.3 is 0 Å². The molecule has 0 saturated heterocycles. The second kappa shape index (κ2) is 5.28. The monoisotopic (exact) mass is 326 g/mol. The number of fused-ring (bicyclic) bond motifs is 1. The summed E-state index contributed by atoms with van der Waals surface area (Å²) in [5, 5.41) is 1.56. The highest BCUT2D eigenvalue weighted by Crippen LogP contribution is 2.38. The Morgan fingerprint density at radius 2 is 1.70 bits per heavy atom. The molecule has 5 heteroatoms. The predicted molar refractivity (Wildman–Crippen MR) is 80.2 cm³/mol. The summed E-state index contributed by atoms with van der Waals surface area (Å²) >= 11 is 17.9. The molecular weight excluding hydrogens is 319 g/mol. The summed E-state index contributed by atoms with van der Waals surface area (Å²) in [4.78, 5) is 12.2. The molecule has 20 heavy (non-hydrogen) atoms. The molecule has 2 aromatic rings. The van der Waals surface area contributed by atoms with Crippen LogP contribution in [-0.2, 0) is 0 Å². The summed E-state index contributed by atoms with van der Waals surface area (Å²) in [5.41, 5.74) is 1.27. The van der Waals surface area contributed by atoms with Crippen molar-refractivity contribution in [3.8, 4) is 5.75 Å². The fraction of sp³-hybridized carbons (Fsp3) is 0.133. The number of benzene rings is 2. The standard InChI is InChI=1S/C15H9Cl3O2/c16-8-2-4-14-11(5-8)13(19)7-15(20-14)10-3-1-9(17)6-12(10)18/h1-6,15H,7H2/t15-/m0/s1. The molecule has 0 spiro atoms. The van der Waals surface area contributed by atoms with Crippen molar-refractivity contribution < 1.29 is 9.53 Å². The van der Waals surface area contributed by atoms with Gasteiger partial charge in [0.25, 0.3) is 0 Å². The number of carbonyl (C=O) groups is 1. The lowest BCUT2D eigenvalue weighted by Crippen LogP contribution is -2.20. The number of halogens is 3. The van der Waals surface area contributed by atoms with E-state index in [4.69, 9.17) is 39.5 Å². The Kier molecular flexibility index (Phi) is 3.63. The lowest BCUT2D eigenvalue weighted by atomic mass is 9.96. The van der Waals surface area contributed by atoms with E-state index in [1.165, 1.54) is 0 Å². The second-order valence-corrected chi connectivity index (χ2v) is 5.82. The number of Topliss-reactive ketones (excluding diaryl/α,β-unsaturated/α-hetero) is 1. The van der Waals surface area contributed by atoms with Crippen LogP contribution in [0.2, 0.25) is 15.1 Å². The Bertz CT molecular complexity index is 698. The van der Waals surface area contributed by atoms with Gasteiger partial charge in [0.2, 0.25) is 0 Å². The summed E-state index contributed by atoms with van der Waals surface area (Å²) in [6.45, 7) is 0. The van der Waals surface area contributed by atoms with Gasteiger partial charge < -0.3 is 4.74 Å². The minimum atomic E-state index is -0.402. The average molecular weight is 328 g/mol. The first-order valence-electron chi connectivity index (χ1n) is 5.99. The normalized spacial score (nSPS) is 17.6. The molecule has 1 heterocycles. The first kappa shape index (κ1) is 13.7. The zero-order chi connectivity index (χ0) is 14.3. The number of ketones is 1. The van der Waals surface area contributed by atoms with Crippen LogP contribution in [0.4, 0.5) is 0 Å². The van der Waals surface area contributed by atoms with Gasteiger partial charge in [-0.2, -0.15) is 0 Å². The van der Waals surface area contributed by atoms with Crippen molar-refractivity contribution in [3.63, 3.8) is 0 Å². The van der Waals surface area contributed by atoms with Gasteiger partial charge in [-0.3, -0.25) is 4.79 Å². The molecule has 1 atom stereocenters. The van der Waals surface area contributed by atoms with Crippen LogP contribution < -0.4 is 4.74 Å². The van der Waals surface area contributed by atoms with Crippen molar-refractivity contribution in [3.05, 3.63) is 62.6 Å².